The van der Waals surface area contributed by atoms with E-state index in [0.29, 0.717) is 11.4 Å². The van der Waals surface area contributed by atoms with Gasteiger partial charge in [-0.3, -0.25) is 4.79 Å². The molecule has 0 saturated carbocycles. The van der Waals surface area contributed by atoms with Crippen LogP contribution in [-0.2, 0) is 18.8 Å². The average Bonchev–Trinajstić information content (AvgIpc) is 3.77. The number of ether oxygens (including phenoxy) is 1. The second-order valence-corrected chi connectivity index (χ2v) is 10.1. The number of hydrogen-bond donors (Lipinski definition) is 3. The van der Waals surface area contributed by atoms with Gasteiger partial charge in [0.2, 0.25) is 5.95 Å². The van der Waals surface area contributed by atoms with Crippen molar-refractivity contribution < 1.29 is 19.4 Å². The van der Waals surface area contributed by atoms with Gasteiger partial charge in [-0.2, -0.15) is 44.7 Å². The van der Waals surface area contributed by atoms with E-state index in [4.69, 9.17) is 16.2 Å². The van der Waals surface area contributed by atoms with Gasteiger partial charge in [0.1, 0.15) is 12.2 Å². The molecule has 244 valence electrons. The number of azo groups is 2. The molecule has 0 spiro atoms. The number of aryl methyl sites for hydroxylation is 4. The lowest BCUT2D eigenvalue weighted by molar-refractivity contribution is 0.0601. The second kappa shape index (κ2) is 12.5. The van der Waals surface area contributed by atoms with E-state index in [1.165, 1.54) is 38.2 Å². The highest BCUT2D eigenvalue weighted by atomic mass is 16.5. The van der Waals surface area contributed by atoms with E-state index in [0.717, 1.165) is 0 Å². The topological polar surface area (TPSA) is 278 Å². The van der Waals surface area contributed by atoms with Crippen LogP contribution in [0.15, 0.2) is 32.9 Å². The largest absolute Gasteiger partial charge is 0.465 e. The zero-order valence-electron chi connectivity index (χ0n) is 26.3. The molecule has 47 heavy (non-hydrogen) atoms. The quantitative estimate of drug-likeness (QED) is 0.110. The Hall–Kier alpha value is -6.45. The molecule has 0 amide bonds. The third-order valence-corrected chi connectivity index (χ3v) is 6.66. The highest BCUT2D eigenvalue weighted by molar-refractivity contribution is 6.00. The molecule has 5 rings (SSSR count). The van der Waals surface area contributed by atoms with Gasteiger partial charge in [-0.1, -0.05) is 0 Å². The second-order valence-electron chi connectivity index (χ2n) is 10.1. The third-order valence-electron chi connectivity index (χ3n) is 6.66. The summed E-state index contributed by atoms with van der Waals surface area (Å²) in [7, 11) is 7.87. The Morgan fingerprint density at radius 2 is 1.30 bits per heavy atom. The number of aromatic nitrogens is 11. The molecule has 0 fully saturated rings. The molecule has 0 aliphatic carbocycles. The Morgan fingerprint density at radius 1 is 0.830 bits per heavy atom. The minimum absolute atomic E-state index is 0.00534. The average molecular weight is 647 g/mol. The minimum atomic E-state index is -0.714. The maximum Gasteiger partial charge on any atom is 0.343 e. The first kappa shape index (κ1) is 32.0. The number of nitrogens with zero attached hydrogens (tertiary/aromatic N) is 16. The number of anilines is 3. The summed E-state index contributed by atoms with van der Waals surface area (Å²) in [5, 5.41) is 43.0. The summed E-state index contributed by atoms with van der Waals surface area (Å²) in [5.41, 5.74) is 14.2. The van der Waals surface area contributed by atoms with Gasteiger partial charge in [-0.05, 0) is 13.8 Å². The number of methoxy groups -OCH3 is 1. The molecule has 0 atom stereocenters. The van der Waals surface area contributed by atoms with Crippen LogP contribution in [0.4, 0.5) is 40.6 Å². The Morgan fingerprint density at radius 3 is 1.74 bits per heavy atom. The van der Waals surface area contributed by atoms with Crippen LogP contribution in [0.1, 0.15) is 32.1 Å². The highest BCUT2D eigenvalue weighted by Gasteiger charge is 2.23. The summed E-state index contributed by atoms with van der Waals surface area (Å²) < 4.78 is 9.98. The lowest BCUT2D eigenvalue weighted by atomic mass is 10.2. The molecule has 0 aliphatic heterocycles. The van der Waals surface area contributed by atoms with E-state index in [1.807, 2.05) is 0 Å². The molecule has 5 N–H and O–H groups in total. The Balaban J connectivity index is 1.55. The standard InChI is InChI=1S/C25H30N18O4/c1-11-16(33-35-20-13(15(45)10-44)8-28-40(20)5)18(26)42(37-11)24-30-23(39(3)4)31-25(32-24)43-19(27)17(12(2)38-43)34-36-21-14(22(46)47-7)9-29-41(21)6/h8-9,44H,10,26-27H2,1-7H3/b35-33+,36-34+. The van der Waals surface area contributed by atoms with Gasteiger partial charge in [0.05, 0.1) is 36.5 Å². The maximum absolute atomic E-state index is 12.1. The smallest absolute Gasteiger partial charge is 0.343 e. The van der Waals surface area contributed by atoms with Crippen LogP contribution in [-0.4, -0.2) is 98.7 Å². The fraction of sp³-hybridized carbons (Fsp3) is 0.320. The van der Waals surface area contributed by atoms with E-state index in [1.54, 1.807) is 46.9 Å². The third kappa shape index (κ3) is 5.86. The SMILES string of the molecule is COC(=O)c1cnn(C)c1/N=N/c1c(C)nn(-c2nc(N(C)C)nc(-n3nc(C)c(/N=N/c4c(C(=O)CO)cnn4C)c3N)n2)c1N. The van der Waals surface area contributed by atoms with Crippen LogP contribution in [0.3, 0.4) is 0 Å². The van der Waals surface area contributed by atoms with Crippen molar-refractivity contribution >= 4 is 52.3 Å². The number of rotatable bonds is 10. The summed E-state index contributed by atoms with van der Waals surface area (Å²) in [6.07, 6.45) is 2.61. The van der Waals surface area contributed by atoms with Crippen molar-refractivity contribution in [3.8, 4) is 11.9 Å². The zero-order valence-corrected chi connectivity index (χ0v) is 26.3. The van der Waals surface area contributed by atoms with E-state index in [-0.39, 0.29) is 63.6 Å². The lowest BCUT2D eigenvalue weighted by Gasteiger charge is -2.13. The Kier molecular flexibility index (Phi) is 8.50. The number of carbonyl (C=O) groups is 2. The van der Waals surface area contributed by atoms with E-state index in [2.05, 4.69) is 55.8 Å². The predicted octanol–water partition coefficient (Wildman–Crippen LogP) is 1.35. The van der Waals surface area contributed by atoms with Crippen LogP contribution >= 0.6 is 0 Å². The van der Waals surface area contributed by atoms with Crippen molar-refractivity contribution in [2.75, 3.05) is 44.2 Å². The van der Waals surface area contributed by atoms with Crippen molar-refractivity contribution in [3.63, 3.8) is 0 Å². The van der Waals surface area contributed by atoms with Gasteiger partial charge >= 0.3 is 5.97 Å². The predicted molar refractivity (Wildman–Crippen MR) is 164 cm³/mol. The number of nitrogen functional groups attached to an aromatic ring is 2. The van der Waals surface area contributed by atoms with Gasteiger partial charge < -0.3 is 26.2 Å². The van der Waals surface area contributed by atoms with Gasteiger partial charge in [0, 0.05) is 28.2 Å². The molecule has 0 saturated heterocycles. The van der Waals surface area contributed by atoms with E-state index in [9.17, 15) is 14.7 Å². The van der Waals surface area contributed by atoms with E-state index >= 15 is 0 Å². The molecule has 0 radical (unpaired) electrons. The van der Waals surface area contributed by atoms with Gasteiger partial charge in [-0.25, -0.2) is 14.2 Å². The molecular formula is C25H30N18O4. The number of ketones is 1. The number of aliphatic hydroxyl groups is 1. The fourth-order valence-corrected chi connectivity index (χ4v) is 4.19. The zero-order chi connectivity index (χ0) is 34.2. The Labute approximate surface area is 265 Å². The Bertz CT molecular complexity index is 1920. The highest BCUT2D eigenvalue weighted by Crippen LogP contribution is 2.33. The van der Waals surface area contributed by atoms with Crippen LogP contribution in [0, 0.1) is 13.8 Å². The first-order valence-corrected chi connectivity index (χ1v) is 13.6. The molecule has 0 bridgehead atoms. The number of esters is 1. The first-order valence-electron chi connectivity index (χ1n) is 13.6. The number of Topliss-reactive ketones (excluding diaryl/α,β-unsaturated/α-hetero) is 1. The van der Waals surface area contributed by atoms with E-state index < -0.39 is 18.4 Å². The normalized spacial score (nSPS) is 11.7. The van der Waals surface area contributed by atoms with Crippen molar-refractivity contribution in [1.29, 1.82) is 0 Å². The van der Waals surface area contributed by atoms with Crippen LogP contribution in [0.25, 0.3) is 11.9 Å². The fourth-order valence-electron chi connectivity index (χ4n) is 4.19. The molecular weight excluding hydrogens is 616 g/mol. The summed E-state index contributed by atoms with van der Waals surface area (Å²) in [5.74, 6) is -0.621. The summed E-state index contributed by atoms with van der Waals surface area (Å²) in [4.78, 5) is 39.3. The lowest BCUT2D eigenvalue weighted by Crippen LogP contribution is -2.19. The molecule has 5 aromatic rings. The van der Waals surface area contributed by atoms with Crippen LogP contribution in [0.5, 0.6) is 0 Å². The molecule has 22 nitrogen and oxygen atoms in total. The number of aliphatic hydroxyl groups excluding tert-OH is 1. The van der Waals surface area contributed by atoms with Crippen molar-refractivity contribution in [2.24, 2.45) is 34.6 Å². The molecule has 22 heteroatoms. The molecule has 5 aromatic heterocycles. The summed E-state index contributed by atoms with van der Waals surface area (Å²) in [6.45, 7) is 2.60. The molecule has 5 heterocycles. The van der Waals surface area contributed by atoms with Gasteiger partial charge in [0.15, 0.2) is 40.4 Å². The molecule has 0 unspecified atom stereocenters. The van der Waals surface area contributed by atoms with Crippen molar-refractivity contribution in [2.45, 2.75) is 13.8 Å². The number of nitrogens with two attached hydrogens (primary N) is 2. The molecule has 0 aliphatic rings. The van der Waals surface area contributed by atoms with Crippen LogP contribution in [0.2, 0.25) is 0 Å². The molecule has 0 aromatic carbocycles. The summed E-state index contributed by atoms with van der Waals surface area (Å²) in [6, 6.07) is 0. The van der Waals surface area contributed by atoms with Gasteiger partial charge in [0.25, 0.3) is 11.9 Å². The van der Waals surface area contributed by atoms with Crippen molar-refractivity contribution in [3.05, 3.63) is 34.9 Å². The van der Waals surface area contributed by atoms with Crippen molar-refractivity contribution in [1.82, 2.24) is 54.1 Å². The minimum Gasteiger partial charge on any atom is -0.465 e. The van der Waals surface area contributed by atoms with Gasteiger partial charge in [-0.15, -0.1) is 20.5 Å². The number of carbonyl (C=O) groups excluding carboxylic acids is 2. The number of hydrogen-bond acceptors (Lipinski definition) is 18. The first-order chi connectivity index (χ1) is 22.4. The van der Waals surface area contributed by atoms with Crippen LogP contribution < -0.4 is 16.4 Å². The summed E-state index contributed by atoms with van der Waals surface area (Å²) >= 11 is 0. The monoisotopic (exact) mass is 646 g/mol. The maximum atomic E-state index is 12.1.